The van der Waals surface area contributed by atoms with Gasteiger partial charge in [0.2, 0.25) is 0 Å². The molecule has 2 atom stereocenters. The van der Waals surface area contributed by atoms with Crippen molar-refractivity contribution in [2.75, 3.05) is 56.7 Å². The molecule has 2 aliphatic heterocycles. The second-order valence-electron chi connectivity index (χ2n) is 6.86. The average molecular weight is 354 g/mol. The molecule has 0 saturated carbocycles. The number of anilines is 1. The molecule has 0 unspecified atom stereocenters. The minimum Gasteiger partial charge on any atom is -0.395 e. The highest BCUT2D eigenvalue weighted by Gasteiger charge is 2.46. The average Bonchev–Trinajstić information content (AvgIpc) is 2.86. The molecule has 0 spiro atoms. The van der Waals surface area contributed by atoms with Crippen LogP contribution in [0, 0.1) is 0 Å². The number of piperazine rings is 1. The molecule has 2 fully saturated rings. The van der Waals surface area contributed by atoms with Crippen LogP contribution in [0.1, 0.15) is 5.56 Å². The number of nitrogens with zero attached hydrogens (tertiary/aromatic N) is 4. The van der Waals surface area contributed by atoms with Gasteiger partial charge >= 0.3 is 0 Å². The number of aromatic nitrogens is 1. The Morgan fingerprint density at radius 1 is 1.21 bits per heavy atom. The summed E-state index contributed by atoms with van der Waals surface area (Å²) in [5, 5.41) is 9.22. The van der Waals surface area contributed by atoms with Crippen LogP contribution in [0.4, 0.5) is 5.82 Å². The molecule has 3 heterocycles. The molecule has 8 heteroatoms. The van der Waals surface area contributed by atoms with E-state index in [0.717, 1.165) is 24.5 Å². The van der Waals surface area contributed by atoms with E-state index in [-0.39, 0.29) is 30.2 Å². The Bertz CT molecular complexity index is 662. The van der Waals surface area contributed by atoms with E-state index in [0.29, 0.717) is 13.1 Å². The van der Waals surface area contributed by atoms with E-state index in [4.69, 9.17) is 0 Å². The minimum absolute atomic E-state index is 0.00354. The summed E-state index contributed by atoms with van der Waals surface area (Å²) in [5.74, 6) is 1.32. The van der Waals surface area contributed by atoms with E-state index in [2.05, 4.69) is 20.9 Å². The molecule has 0 bridgehead atoms. The highest BCUT2D eigenvalue weighted by Crippen LogP contribution is 2.28. The molecule has 2 aliphatic rings. The topological polar surface area (TPSA) is 77.0 Å². The van der Waals surface area contributed by atoms with Crippen LogP contribution in [0.15, 0.2) is 18.3 Å². The third-order valence-electron chi connectivity index (χ3n) is 4.95. The van der Waals surface area contributed by atoms with Crippen LogP contribution in [-0.4, -0.2) is 92.2 Å². The van der Waals surface area contributed by atoms with Crippen LogP contribution in [0.5, 0.6) is 0 Å². The van der Waals surface area contributed by atoms with Crippen molar-refractivity contribution >= 4 is 15.7 Å². The quantitative estimate of drug-likeness (QED) is 0.758. The smallest absolute Gasteiger partial charge is 0.153 e. The Labute approximate surface area is 143 Å². The summed E-state index contributed by atoms with van der Waals surface area (Å²) >= 11 is 0. The normalized spacial score (nSPS) is 27.1. The van der Waals surface area contributed by atoms with Crippen LogP contribution in [0.3, 0.4) is 0 Å². The number of aliphatic hydroxyl groups is 1. The van der Waals surface area contributed by atoms with Gasteiger partial charge in [-0.15, -0.1) is 0 Å². The number of hydrogen-bond acceptors (Lipinski definition) is 7. The number of sulfone groups is 1. The third kappa shape index (κ3) is 3.72. The zero-order valence-corrected chi connectivity index (χ0v) is 15.1. The molecule has 134 valence electrons. The molecule has 1 aromatic rings. The summed E-state index contributed by atoms with van der Waals surface area (Å²) in [6.07, 6.45) is 1.87. The van der Waals surface area contributed by atoms with E-state index < -0.39 is 9.84 Å². The minimum atomic E-state index is -3.01. The van der Waals surface area contributed by atoms with Crippen molar-refractivity contribution in [3.63, 3.8) is 0 Å². The fraction of sp³-hybridized carbons (Fsp3) is 0.688. The lowest BCUT2D eigenvalue weighted by Crippen LogP contribution is -2.59. The number of β-amino-alcohol motifs (C(OH)–C–C–N with tert-alkyl or cyclic N) is 1. The molecular formula is C16H26N4O3S. The van der Waals surface area contributed by atoms with Crippen molar-refractivity contribution in [1.29, 1.82) is 0 Å². The Morgan fingerprint density at radius 3 is 2.46 bits per heavy atom. The SMILES string of the molecule is CN(C)c1ccc(CN2CCN(CCO)[C@@H]3CS(=O)(=O)C[C@@H]32)cn1. The fourth-order valence-electron chi connectivity index (χ4n) is 3.71. The van der Waals surface area contributed by atoms with Crippen molar-refractivity contribution < 1.29 is 13.5 Å². The number of fused-ring (bicyclic) bond motifs is 1. The maximum Gasteiger partial charge on any atom is 0.153 e. The Kier molecular flexibility index (Phi) is 5.10. The monoisotopic (exact) mass is 354 g/mol. The molecule has 0 amide bonds. The van der Waals surface area contributed by atoms with Crippen molar-refractivity contribution in [2.45, 2.75) is 18.6 Å². The summed E-state index contributed by atoms with van der Waals surface area (Å²) in [6, 6.07) is 4.04. The molecule has 3 rings (SSSR count). The van der Waals surface area contributed by atoms with Gasteiger partial charge in [0.15, 0.2) is 9.84 Å². The number of hydrogen-bond donors (Lipinski definition) is 1. The Balaban J connectivity index is 1.74. The van der Waals surface area contributed by atoms with E-state index in [1.165, 1.54) is 0 Å². The van der Waals surface area contributed by atoms with Crippen molar-refractivity contribution in [1.82, 2.24) is 14.8 Å². The van der Waals surface area contributed by atoms with Gasteiger partial charge in [-0.2, -0.15) is 0 Å². The molecule has 2 saturated heterocycles. The first-order chi connectivity index (χ1) is 11.4. The van der Waals surface area contributed by atoms with E-state index in [9.17, 15) is 13.5 Å². The maximum atomic E-state index is 12.1. The second kappa shape index (κ2) is 6.95. The van der Waals surface area contributed by atoms with Gasteiger partial charge < -0.3 is 10.0 Å². The highest BCUT2D eigenvalue weighted by molar-refractivity contribution is 7.91. The number of pyridine rings is 1. The largest absolute Gasteiger partial charge is 0.395 e. The van der Waals surface area contributed by atoms with Crippen LogP contribution < -0.4 is 4.90 Å². The fourth-order valence-corrected chi connectivity index (χ4v) is 5.75. The lowest BCUT2D eigenvalue weighted by Gasteiger charge is -2.43. The van der Waals surface area contributed by atoms with Crippen LogP contribution in [-0.2, 0) is 16.4 Å². The summed E-state index contributed by atoms with van der Waals surface area (Å²) in [7, 11) is 0.899. The zero-order valence-electron chi connectivity index (χ0n) is 14.3. The zero-order chi connectivity index (χ0) is 17.3. The molecular weight excluding hydrogens is 328 g/mol. The predicted molar refractivity (Wildman–Crippen MR) is 93.9 cm³/mol. The molecule has 1 aromatic heterocycles. The lowest BCUT2D eigenvalue weighted by molar-refractivity contribution is 0.0307. The number of aliphatic hydroxyl groups excluding tert-OH is 1. The third-order valence-corrected chi connectivity index (χ3v) is 6.64. The Hall–Kier alpha value is -1.22. The molecule has 0 aromatic carbocycles. The van der Waals surface area contributed by atoms with Gasteiger partial charge in [0.25, 0.3) is 0 Å². The Morgan fingerprint density at radius 2 is 1.88 bits per heavy atom. The van der Waals surface area contributed by atoms with Gasteiger partial charge in [0, 0.05) is 58.6 Å². The summed E-state index contributed by atoms with van der Waals surface area (Å²) < 4.78 is 24.3. The van der Waals surface area contributed by atoms with Gasteiger partial charge in [-0.25, -0.2) is 13.4 Å². The second-order valence-corrected chi connectivity index (χ2v) is 9.01. The van der Waals surface area contributed by atoms with Crippen molar-refractivity contribution in [3.8, 4) is 0 Å². The standard InChI is InChI=1S/C16H26N4O3S/c1-18(2)16-4-3-13(9-17-16)10-20-6-5-19(7-8-21)14-11-24(22,23)12-15(14)20/h3-4,9,14-15,21H,5-8,10-12H2,1-2H3/t14-,15+/m1/s1. The summed E-state index contributed by atoms with van der Waals surface area (Å²) in [5.41, 5.74) is 1.10. The van der Waals surface area contributed by atoms with Gasteiger partial charge in [0.1, 0.15) is 5.82 Å². The van der Waals surface area contributed by atoms with Gasteiger partial charge in [-0.05, 0) is 11.6 Å². The van der Waals surface area contributed by atoms with E-state index in [1.807, 2.05) is 31.3 Å². The lowest BCUT2D eigenvalue weighted by atomic mass is 10.0. The van der Waals surface area contributed by atoms with Crippen molar-refractivity contribution in [2.24, 2.45) is 0 Å². The highest BCUT2D eigenvalue weighted by atomic mass is 32.2. The van der Waals surface area contributed by atoms with Crippen LogP contribution in [0.2, 0.25) is 0 Å². The predicted octanol–water partition coefficient (Wildman–Crippen LogP) is -0.577. The molecule has 24 heavy (non-hydrogen) atoms. The van der Waals surface area contributed by atoms with Crippen LogP contribution in [0.25, 0.3) is 0 Å². The first-order valence-electron chi connectivity index (χ1n) is 8.31. The summed E-state index contributed by atoms with van der Waals surface area (Å²) in [4.78, 5) is 10.8. The first kappa shape index (κ1) is 17.6. The van der Waals surface area contributed by atoms with Gasteiger partial charge in [-0.1, -0.05) is 6.07 Å². The summed E-state index contributed by atoms with van der Waals surface area (Å²) in [6.45, 7) is 2.93. The van der Waals surface area contributed by atoms with Gasteiger partial charge in [-0.3, -0.25) is 9.80 Å². The molecule has 7 nitrogen and oxygen atoms in total. The first-order valence-corrected chi connectivity index (χ1v) is 10.1. The molecule has 0 aliphatic carbocycles. The van der Waals surface area contributed by atoms with E-state index >= 15 is 0 Å². The molecule has 0 radical (unpaired) electrons. The van der Waals surface area contributed by atoms with Gasteiger partial charge in [0.05, 0.1) is 18.1 Å². The van der Waals surface area contributed by atoms with E-state index in [1.54, 1.807) is 0 Å². The van der Waals surface area contributed by atoms with Crippen molar-refractivity contribution in [3.05, 3.63) is 23.9 Å². The molecule has 1 N–H and O–H groups in total. The number of rotatable bonds is 5. The maximum absolute atomic E-state index is 12.1. The van der Waals surface area contributed by atoms with Crippen LogP contribution >= 0.6 is 0 Å².